The minimum atomic E-state index is -0.336. The highest BCUT2D eigenvalue weighted by molar-refractivity contribution is 9.10. The van der Waals surface area contributed by atoms with Crippen LogP contribution < -0.4 is 4.78 Å². The molecule has 0 radical (unpaired) electrons. The van der Waals surface area contributed by atoms with Gasteiger partial charge in [-0.05, 0) is 33.8 Å². The van der Waals surface area contributed by atoms with E-state index in [9.17, 15) is 0 Å². The lowest BCUT2D eigenvalue weighted by molar-refractivity contribution is 0.00578. The van der Waals surface area contributed by atoms with E-state index in [1.54, 1.807) is 0 Å². The van der Waals surface area contributed by atoms with E-state index in [1.807, 2.05) is 33.8 Å². The molecule has 0 aliphatic carbocycles. The molecule has 1 fully saturated rings. The van der Waals surface area contributed by atoms with Crippen molar-refractivity contribution in [1.29, 1.82) is 0 Å². The van der Waals surface area contributed by atoms with Crippen molar-refractivity contribution in [2.45, 2.75) is 38.9 Å². The van der Waals surface area contributed by atoms with Gasteiger partial charge in [-0.25, -0.2) is 0 Å². The first-order valence-corrected chi connectivity index (χ1v) is 7.02. The van der Waals surface area contributed by atoms with Crippen molar-refractivity contribution >= 4 is 50.8 Å². The molecule has 16 heavy (non-hydrogen) atoms. The second kappa shape index (κ2) is 3.99. The Bertz CT molecular complexity index is 403. The van der Waals surface area contributed by atoms with Crippen LogP contribution in [0.5, 0.6) is 0 Å². The topological polar surface area (TPSA) is 18.5 Å². The summed E-state index contributed by atoms with van der Waals surface area (Å²) in [7, 11) is -0.336. The highest BCUT2D eigenvalue weighted by atomic mass is 79.9. The Labute approximate surface area is 114 Å². The van der Waals surface area contributed by atoms with Crippen LogP contribution in [-0.2, 0) is 9.31 Å². The van der Waals surface area contributed by atoms with Crippen LogP contribution in [0.4, 0.5) is 0 Å². The summed E-state index contributed by atoms with van der Waals surface area (Å²) in [5.74, 6) is 0. The first-order chi connectivity index (χ1) is 7.23. The van der Waals surface area contributed by atoms with E-state index in [2.05, 4.69) is 15.9 Å². The maximum atomic E-state index is 5.96. The molecule has 2 rings (SSSR count). The van der Waals surface area contributed by atoms with Crippen LogP contribution in [0.25, 0.3) is 0 Å². The van der Waals surface area contributed by atoms with Crippen LogP contribution in [0.2, 0.25) is 4.34 Å². The molecule has 1 aliphatic heterocycles. The lowest BCUT2D eigenvalue weighted by Crippen LogP contribution is -2.41. The van der Waals surface area contributed by atoms with Crippen LogP contribution in [-0.4, -0.2) is 18.3 Å². The van der Waals surface area contributed by atoms with Crippen molar-refractivity contribution in [3.05, 3.63) is 14.9 Å². The van der Waals surface area contributed by atoms with Crippen molar-refractivity contribution in [2.24, 2.45) is 0 Å². The van der Waals surface area contributed by atoms with Crippen molar-refractivity contribution in [1.82, 2.24) is 0 Å². The van der Waals surface area contributed by atoms with Gasteiger partial charge in [-0.1, -0.05) is 27.5 Å². The first-order valence-electron chi connectivity index (χ1n) is 5.03. The van der Waals surface area contributed by atoms with Gasteiger partial charge in [0.1, 0.15) is 0 Å². The lowest BCUT2D eigenvalue weighted by atomic mass is 9.88. The zero-order valence-electron chi connectivity index (χ0n) is 9.64. The summed E-state index contributed by atoms with van der Waals surface area (Å²) in [4.78, 5) is 0. The van der Waals surface area contributed by atoms with Gasteiger partial charge in [-0.15, -0.1) is 11.3 Å². The lowest BCUT2D eigenvalue weighted by Gasteiger charge is -2.32. The third-order valence-corrected chi connectivity index (χ3v) is 5.35. The average molecular weight is 323 g/mol. The number of rotatable bonds is 1. The fourth-order valence-electron chi connectivity index (χ4n) is 1.46. The number of halogens is 2. The Morgan fingerprint density at radius 1 is 1.25 bits per heavy atom. The maximum Gasteiger partial charge on any atom is 0.506 e. The first kappa shape index (κ1) is 12.9. The summed E-state index contributed by atoms with van der Waals surface area (Å²) >= 11 is 10.9. The molecule has 0 amide bonds. The smallest absolute Gasteiger partial charge is 0.399 e. The highest BCUT2D eigenvalue weighted by Gasteiger charge is 2.52. The maximum absolute atomic E-state index is 5.96. The predicted molar refractivity (Wildman–Crippen MR) is 72.7 cm³/mol. The number of hydrogen-bond acceptors (Lipinski definition) is 3. The van der Waals surface area contributed by atoms with E-state index < -0.39 is 0 Å². The molecular weight excluding hydrogens is 310 g/mol. The SMILES string of the molecule is CC1(C)OB(c2sc(Cl)cc2Br)OC1(C)C. The highest BCUT2D eigenvalue weighted by Crippen LogP contribution is 2.38. The molecule has 1 aromatic rings. The third kappa shape index (κ3) is 2.08. The van der Waals surface area contributed by atoms with E-state index in [-0.39, 0.29) is 18.3 Å². The van der Waals surface area contributed by atoms with Crippen molar-refractivity contribution < 1.29 is 9.31 Å². The second-order valence-corrected chi connectivity index (χ2v) is 7.42. The number of hydrogen-bond donors (Lipinski definition) is 0. The van der Waals surface area contributed by atoms with Gasteiger partial charge < -0.3 is 9.31 Å². The molecule has 1 saturated heterocycles. The van der Waals surface area contributed by atoms with Gasteiger partial charge in [0.25, 0.3) is 0 Å². The molecule has 2 nitrogen and oxygen atoms in total. The predicted octanol–water partition coefficient (Wildman–Crippen LogP) is 3.46. The summed E-state index contributed by atoms with van der Waals surface area (Å²) in [5.41, 5.74) is -0.624. The number of thiophene rings is 1. The Morgan fingerprint density at radius 3 is 2.12 bits per heavy atom. The van der Waals surface area contributed by atoms with E-state index >= 15 is 0 Å². The van der Waals surface area contributed by atoms with E-state index in [1.165, 1.54) is 11.3 Å². The average Bonchev–Trinajstić information content (AvgIpc) is 2.51. The van der Waals surface area contributed by atoms with Gasteiger partial charge in [-0.3, -0.25) is 0 Å². The summed E-state index contributed by atoms with van der Waals surface area (Å²) < 4.78 is 14.6. The summed E-state index contributed by atoms with van der Waals surface area (Å²) in [6.45, 7) is 8.15. The van der Waals surface area contributed by atoms with E-state index in [0.717, 1.165) is 13.6 Å². The van der Waals surface area contributed by atoms with Crippen LogP contribution in [0.15, 0.2) is 10.5 Å². The molecule has 0 bridgehead atoms. The van der Waals surface area contributed by atoms with Crippen molar-refractivity contribution in [3.63, 3.8) is 0 Å². The molecule has 1 aromatic heterocycles. The largest absolute Gasteiger partial charge is 0.506 e. The Morgan fingerprint density at radius 2 is 1.75 bits per heavy atom. The van der Waals surface area contributed by atoms with Gasteiger partial charge in [0.15, 0.2) is 0 Å². The van der Waals surface area contributed by atoms with Gasteiger partial charge in [-0.2, -0.15) is 0 Å². The molecule has 0 saturated carbocycles. The van der Waals surface area contributed by atoms with Gasteiger partial charge in [0, 0.05) is 4.47 Å². The van der Waals surface area contributed by atoms with Gasteiger partial charge >= 0.3 is 7.12 Å². The molecular formula is C10H13BBrClO2S. The molecule has 0 spiro atoms. The third-order valence-electron chi connectivity index (χ3n) is 3.15. The monoisotopic (exact) mass is 322 g/mol. The van der Waals surface area contributed by atoms with Crippen molar-refractivity contribution in [2.75, 3.05) is 0 Å². The van der Waals surface area contributed by atoms with E-state index in [0.29, 0.717) is 0 Å². The summed E-state index contributed by atoms with van der Waals surface area (Å²) in [6, 6.07) is 1.87. The fraction of sp³-hybridized carbons (Fsp3) is 0.600. The second-order valence-electron chi connectivity index (χ2n) is 4.85. The fourth-order valence-corrected chi connectivity index (χ4v) is 3.50. The Kier molecular flexibility index (Phi) is 3.22. The molecule has 0 unspecified atom stereocenters. The molecule has 6 heteroatoms. The minimum absolute atomic E-state index is 0.312. The zero-order valence-corrected chi connectivity index (χ0v) is 12.8. The Balaban J connectivity index is 2.30. The standard InChI is InChI=1S/C10H13BBrClO2S/c1-9(2)10(3,4)15-11(14-9)8-6(12)5-7(13)16-8/h5H,1-4H3. The quantitative estimate of drug-likeness (QED) is 0.737. The normalized spacial score (nSPS) is 22.8. The van der Waals surface area contributed by atoms with Crippen LogP contribution in [0.3, 0.4) is 0 Å². The molecule has 0 N–H and O–H groups in total. The van der Waals surface area contributed by atoms with Crippen LogP contribution >= 0.6 is 38.9 Å². The zero-order chi connectivity index (χ0) is 12.1. The molecule has 88 valence electrons. The summed E-state index contributed by atoms with van der Waals surface area (Å²) in [5, 5.41) is 0. The van der Waals surface area contributed by atoms with Gasteiger partial charge in [0.05, 0.1) is 20.3 Å². The molecule has 2 heterocycles. The summed E-state index contributed by atoms with van der Waals surface area (Å²) in [6.07, 6.45) is 0. The van der Waals surface area contributed by atoms with E-state index in [4.69, 9.17) is 20.9 Å². The molecule has 1 aliphatic rings. The molecule has 0 aromatic carbocycles. The van der Waals surface area contributed by atoms with Crippen molar-refractivity contribution in [3.8, 4) is 0 Å². The Hall–Kier alpha value is 0.455. The molecule has 0 atom stereocenters. The minimum Gasteiger partial charge on any atom is -0.399 e. The van der Waals surface area contributed by atoms with Crippen LogP contribution in [0, 0.1) is 0 Å². The van der Waals surface area contributed by atoms with Gasteiger partial charge in [0.2, 0.25) is 0 Å². The van der Waals surface area contributed by atoms with Crippen LogP contribution in [0.1, 0.15) is 27.7 Å².